The summed E-state index contributed by atoms with van der Waals surface area (Å²) in [6.07, 6.45) is 1.45. The molecule has 0 saturated heterocycles. The van der Waals surface area contributed by atoms with Crippen LogP contribution in [0.1, 0.15) is 53.4 Å². The van der Waals surface area contributed by atoms with Crippen molar-refractivity contribution in [1.82, 2.24) is 0 Å². The third-order valence-electron chi connectivity index (χ3n) is 2.81. The van der Waals surface area contributed by atoms with Gasteiger partial charge in [-0.3, -0.25) is 9.59 Å². The summed E-state index contributed by atoms with van der Waals surface area (Å²) < 4.78 is 10.00. The Kier molecular flexibility index (Phi) is 8.19. The molecule has 0 aromatic carbocycles. The van der Waals surface area contributed by atoms with Gasteiger partial charge in [0.15, 0.2) is 0 Å². The van der Waals surface area contributed by atoms with Crippen LogP contribution in [0, 0.1) is 33.5 Å². The predicted octanol–water partition coefficient (Wildman–Crippen LogP) is 2.73. The van der Waals surface area contributed by atoms with E-state index in [0.29, 0.717) is 12.8 Å². The number of nitriles is 2. The quantitative estimate of drug-likeness (QED) is 0.479. The van der Waals surface area contributed by atoms with Crippen LogP contribution in [-0.2, 0) is 19.1 Å². The van der Waals surface area contributed by atoms with Crippen molar-refractivity contribution in [2.75, 3.05) is 13.2 Å². The van der Waals surface area contributed by atoms with E-state index in [0.717, 1.165) is 0 Å². The Labute approximate surface area is 132 Å². The molecule has 0 fully saturated rings. The van der Waals surface area contributed by atoms with Crippen molar-refractivity contribution in [3.63, 3.8) is 0 Å². The van der Waals surface area contributed by atoms with E-state index in [1.165, 1.54) is 0 Å². The molecule has 0 saturated carbocycles. The van der Waals surface area contributed by atoms with Crippen molar-refractivity contribution in [2.45, 2.75) is 53.4 Å². The molecule has 0 amide bonds. The van der Waals surface area contributed by atoms with E-state index in [9.17, 15) is 9.59 Å². The molecule has 0 rings (SSSR count). The van der Waals surface area contributed by atoms with Crippen molar-refractivity contribution < 1.29 is 19.1 Å². The van der Waals surface area contributed by atoms with Gasteiger partial charge in [0.05, 0.1) is 23.0 Å². The summed E-state index contributed by atoms with van der Waals surface area (Å²) in [6.45, 7) is 6.90. The molecule has 0 bridgehead atoms. The number of unbranched alkanes of at least 4 members (excludes halogenated alkanes) is 1. The van der Waals surface area contributed by atoms with E-state index in [1.54, 1.807) is 27.7 Å². The summed E-state index contributed by atoms with van der Waals surface area (Å²) >= 11 is 0. The Balaban J connectivity index is 3.77. The lowest BCUT2D eigenvalue weighted by atomic mass is 9.97. The van der Waals surface area contributed by atoms with Gasteiger partial charge in [0.2, 0.25) is 0 Å². The zero-order valence-electron chi connectivity index (χ0n) is 13.8. The summed E-state index contributed by atoms with van der Waals surface area (Å²) in [6, 6.07) is 4.10. The number of rotatable bonds is 9. The van der Waals surface area contributed by atoms with Crippen molar-refractivity contribution >= 4 is 11.9 Å². The summed E-state index contributed by atoms with van der Waals surface area (Å²) in [4.78, 5) is 22.9. The zero-order valence-corrected chi connectivity index (χ0v) is 13.8. The molecular formula is C16H24N2O4. The normalized spacial score (nSPS) is 11.2. The number of carbonyl (C=O) groups is 2. The molecule has 0 aliphatic rings. The van der Waals surface area contributed by atoms with Crippen LogP contribution in [0.2, 0.25) is 0 Å². The average molecular weight is 308 g/mol. The molecule has 0 spiro atoms. The lowest BCUT2D eigenvalue weighted by Crippen LogP contribution is -2.20. The highest BCUT2D eigenvalue weighted by Crippen LogP contribution is 2.15. The fourth-order valence-electron chi connectivity index (χ4n) is 1.27. The molecule has 122 valence electrons. The Bertz CT molecular complexity index is 426. The third-order valence-corrected chi connectivity index (χ3v) is 2.81. The second-order valence-electron chi connectivity index (χ2n) is 6.52. The monoisotopic (exact) mass is 308 g/mol. The molecule has 0 unspecified atom stereocenters. The van der Waals surface area contributed by atoms with E-state index >= 15 is 0 Å². The Morgan fingerprint density at radius 2 is 1.14 bits per heavy atom. The van der Waals surface area contributed by atoms with Gasteiger partial charge in [-0.15, -0.1) is 0 Å². The summed E-state index contributed by atoms with van der Waals surface area (Å²) in [7, 11) is 0. The molecule has 6 nitrogen and oxygen atoms in total. The van der Waals surface area contributed by atoms with Gasteiger partial charge < -0.3 is 9.47 Å². The highest BCUT2D eigenvalue weighted by Gasteiger charge is 2.20. The average Bonchev–Trinajstić information content (AvgIpc) is 2.47. The fourth-order valence-corrected chi connectivity index (χ4v) is 1.27. The minimum Gasteiger partial charge on any atom is -0.464 e. The van der Waals surface area contributed by atoms with Crippen LogP contribution in [-0.4, -0.2) is 25.2 Å². The number of nitrogens with zero attached hydrogens (tertiary/aromatic N) is 2. The van der Waals surface area contributed by atoms with Gasteiger partial charge in [-0.25, -0.2) is 0 Å². The van der Waals surface area contributed by atoms with Gasteiger partial charge in [0.25, 0.3) is 0 Å². The lowest BCUT2D eigenvalue weighted by Gasteiger charge is -2.15. The van der Waals surface area contributed by atoms with Crippen LogP contribution >= 0.6 is 0 Å². The fraction of sp³-hybridized carbons (Fsp3) is 0.750. The van der Waals surface area contributed by atoms with Crippen LogP contribution < -0.4 is 0 Å². The molecule has 0 heterocycles. The van der Waals surface area contributed by atoms with Crippen LogP contribution in [0.4, 0.5) is 0 Å². The van der Waals surface area contributed by atoms with Gasteiger partial charge in [-0.1, -0.05) is 0 Å². The first kappa shape index (κ1) is 19.9. The van der Waals surface area contributed by atoms with Crippen molar-refractivity contribution in [3.8, 4) is 12.1 Å². The van der Waals surface area contributed by atoms with E-state index in [4.69, 9.17) is 20.0 Å². The Morgan fingerprint density at radius 1 is 0.818 bits per heavy atom. The maximum absolute atomic E-state index is 11.5. The van der Waals surface area contributed by atoms with Crippen LogP contribution in [0.5, 0.6) is 0 Å². The van der Waals surface area contributed by atoms with E-state index in [2.05, 4.69) is 0 Å². The Morgan fingerprint density at radius 3 is 1.41 bits per heavy atom. The number of carbonyl (C=O) groups excluding carboxylic acids is 2. The highest BCUT2D eigenvalue weighted by atomic mass is 16.5. The first-order valence-corrected chi connectivity index (χ1v) is 7.26. The van der Waals surface area contributed by atoms with Crippen molar-refractivity contribution in [3.05, 3.63) is 0 Å². The first-order valence-electron chi connectivity index (χ1n) is 7.26. The van der Waals surface area contributed by atoms with E-state index < -0.39 is 10.8 Å². The summed E-state index contributed by atoms with van der Waals surface area (Å²) in [5.41, 5.74) is -1.37. The topological polar surface area (TPSA) is 100 Å². The third kappa shape index (κ3) is 9.77. The molecule has 22 heavy (non-hydrogen) atoms. The lowest BCUT2D eigenvalue weighted by molar-refractivity contribution is -0.148. The molecule has 0 N–H and O–H groups in total. The zero-order chi connectivity index (χ0) is 17.2. The van der Waals surface area contributed by atoms with Crippen LogP contribution in [0.15, 0.2) is 0 Å². The van der Waals surface area contributed by atoms with Crippen LogP contribution in [0.25, 0.3) is 0 Å². The SMILES string of the molecule is CC(C)(C#N)COC(=O)CCCCC(=O)OCC(C)(C)C#N. The molecule has 0 aliphatic carbocycles. The van der Waals surface area contributed by atoms with Gasteiger partial charge in [-0.05, 0) is 40.5 Å². The molecule has 0 aliphatic heterocycles. The second kappa shape index (κ2) is 9.04. The molecule has 0 radical (unpaired) electrons. The largest absolute Gasteiger partial charge is 0.464 e. The number of esters is 2. The molecule has 0 aromatic heterocycles. The Hall–Kier alpha value is -2.08. The van der Waals surface area contributed by atoms with Gasteiger partial charge in [-0.2, -0.15) is 10.5 Å². The van der Waals surface area contributed by atoms with Crippen molar-refractivity contribution in [1.29, 1.82) is 10.5 Å². The predicted molar refractivity (Wildman–Crippen MR) is 79.2 cm³/mol. The number of hydrogen-bond donors (Lipinski definition) is 0. The standard InChI is InChI=1S/C16H24N2O4/c1-15(2,9-17)11-21-13(19)7-5-6-8-14(20)22-12-16(3,4)10-18/h5-8,11-12H2,1-4H3. The summed E-state index contributed by atoms with van der Waals surface area (Å²) in [5.74, 6) is -0.746. The van der Waals surface area contributed by atoms with Gasteiger partial charge >= 0.3 is 11.9 Å². The van der Waals surface area contributed by atoms with Crippen LogP contribution in [0.3, 0.4) is 0 Å². The number of hydrogen-bond acceptors (Lipinski definition) is 6. The second-order valence-corrected chi connectivity index (χ2v) is 6.52. The maximum atomic E-state index is 11.5. The summed E-state index contributed by atoms with van der Waals surface area (Å²) in [5, 5.41) is 17.6. The minimum atomic E-state index is -0.687. The minimum absolute atomic E-state index is 0.0631. The first-order chi connectivity index (χ1) is 10.1. The molecule has 0 aromatic rings. The van der Waals surface area contributed by atoms with E-state index in [1.807, 2.05) is 12.1 Å². The van der Waals surface area contributed by atoms with Gasteiger partial charge in [0.1, 0.15) is 13.2 Å². The highest BCUT2D eigenvalue weighted by molar-refractivity contribution is 5.70. The smallest absolute Gasteiger partial charge is 0.305 e. The van der Waals surface area contributed by atoms with Gasteiger partial charge in [0, 0.05) is 12.8 Å². The molecule has 0 atom stereocenters. The molecular weight excluding hydrogens is 284 g/mol. The van der Waals surface area contributed by atoms with E-state index in [-0.39, 0.29) is 38.0 Å². The molecule has 6 heteroatoms. The van der Waals surface area contributed by atoms with Crippen molar-refractivity contribution in [2.24, 2.45) is 10.8 Å². The number of ether oxygens (including phenoxy) is 2. The maximum Gasteiger partial charge on any atom is 0.305 e.